The van der Waals surface area contributed by atoms with Gasteiger partial charge in [-0.15, -0.1) is 11.3 Å². The third-order valence-electron chi connectivity index (χ3n) is 12.5. The van der Waals surface area contributed by atoms with Gasteiger partial charge in [0.2, 0.25) is 0 Å². The summed E-state index contributed by atoms with van der Waals surface area (Å²) in [4.78, 5) is 2.48. The Labute approximate surface area is 370 Å². The first-order valence-electron chi connectivity index (χ1n) is 21.5. The molecule has 12 rings (SSSR count). The molecule has 12 aromatic rings. The van der Waals surface area contributed by atoms with Crippen LogP contribution in [0.4, 0.5) is 17.1 Å². The van der Waals surface area contributed by atoms with Crippen LogP contribution in [0.25, 0.3) is 92.2 Å². The zero-order valence-corrected chi connectivity index (χ0v) is 35.2. The van der Waals surface area contributed by atoms with Crippen molar-refractivity contribution < 1.29 is 0 Å². The van der Waals surface area contributed by atoms with Gasteiger partial charge in [0.1, 0.15) is 0 Å². The summed E-state index contributed by atoms with van der Waals surface area (Å²) in [5.74, 6) is 0. The first-order valence-corrected chi connectivity index (χ1v) is 22.3. The normalized spacial score (nSPS) is 11.5. The Morgan fingerprint density at radius 2 is 0.778 bits per heavy atom. The van der Waals surface area contributed by atoms with Gasteiger partial charge in [0.15, 0.2) is 0 Å². The number of hydrogen-bond donors (Lipinski definition) is 0. The molecule has 63 heavy (non-hydrogen) atoms. The van der Waals surface area contributed by atoms with Crippen LogP contribution in [-0.2, 0) is 0 Å². The lowest BCUT2D eigenvalue weighted by Crippen LogP contribution is -2.11. The third-order valence-corrected chi connectivity index (χ3v) is 13.7. The van der Waals surface area contributed by atoms with E-state index in [-0.39, 0.29) is 0 Å². The van der Waals surface area contributed by atoms with E-state index in [4.69, 9.17) is 0 Å². The number of hydrogen-bond acceptors (Lipinski definition) is 2. The van der Waals surface area contributed by atoms with E-state index in [2.05, 4.69) is 252 Å². The zero-order chi connectivity index (χ0) is 41.7. The van der Waals surface area contributed by atoms with Crippen LogP contribution in [0.1, 0.15) is 0 Å². The summed E-state index contributed by atoms with van der Waals surface area (Å²) < 4.78 is 4.97. The fourth-order valence-corrected chi connectivity index (χ4v) is 10.8. The molecule has 0 amide bonds. The standard InChI is InChI=1S/C60H40N2S/c1-2-19-41(20-3-1)44-21-4-5-23-46(44)47-24-6-7-25-48(47)49-26-9-14-32-55(49)61(58-35-18-30-53-52-29-12-17-36-59(52)63-60(53)58)43-39-37-42(38-40-43)45-22-8-13-31-54(45)62-56-33-15-10-27-50(56)51-28-11-16-34-57(51)62/h1-40H. The van der Waals surface area contributed by atoms with Crippen LogP contribution in [0.5, 0.6) is 0 Å². The maximum atomic E-state index is 2.48. The van der Waals surface area contributed by atoms with Gasteiger partial charge in [-0.2, -0.15) is 0 Å². The van der Waals surface area contributed by atoms with Crippen molar-refractivity contribution >= 4 is 70.4 Å². The second kappa shape index (κ2) is 15.5. The van der Waals surface area contributed by atoms with Crippen LogP contribution >= 0.6 is 11.3 Å². The topological polar surface area (TPSA) is 8.17 Å². The number of nitrogens with zero attached hydrogens (tertiary/aromatic N) is 2. The molecule has 3 heteroatoms. The van der Waals surface area contributed by atoms with Gasteiger partial charge in [-0.05, 0) is 81.9 Å². The monoisotopic (exact) mass is 820 g/mol. The van der Waals surface area contributed by atoms with E-state index in [1.165, 1.54) is 75.4 Å². The minimum absolute atomic E-state index is 1.09. The summed E-state index contributed by atoms with van der Waals surface area (Å²) in [6, 6.07) is 88.4. The molecular formula is C60H40N2S. The van der Waals surface area contributed by atoms with Crippen molar-refractivity contribution in [3.8, 4) is 50.2 Å². The van der Waals surface area contributed by atoms with Crippen molar-refractivity contribution in [2.45, 2.75) is 0 Å². The summed E-state index contributed by atoms with van der Waals surface area (Å²) in [5, 5.41) is 5.07. The summed E-state index contributed by atoms with van der Waals surface area (Å²) in [6.45, 7) is 0. The molecule has 0 atom stereocenters. The van der Waals surface area contributed by atoms with Crippen molar-refractivity contribution in [2.75, 3.05) is 4.90 Å². The molecule has 0 aliphatic carbocycles. The lowest BCUT2D eigenvalue weighted by atomic mass is 9.88. The molecule has 0 saturated carbocycles. The lowest BCUT2D eigenvalue weighted by Gasteiger charge is -2.29. The quantitative estimate of drug-likeness (QED) is 0.148. The highest BCUT2D eigenvalue weighted by Crippen LogP contribution is 2.49. The molecule has 2 aromatic heterocycles. The average Bonchev–Trinajstić information content (AvgIpc) is 3.91. The maximum absolute atomic E-state index is 2.48. The van der Waals surface area contributed by atoms with Gasteiger partial charge in [-0.3, -0.25) is 0 Å². The van der Waals surface area contributed by atoms with E-state index < -0.39 is 0 Å². The number of benzene rings is 10. The van der Waals surface area contributed by atoms with Crippen molar-refractivity contribution in [3.63, 3.8) is 0 Å². The first kappa shape index (κ1) is 36.8. The first-order chi connectivity index (χ1) is 31.3. The van der Waals surface area contributed by atoms with Crippen LogP contribution in [0.3, 0.4) is 0 Å². The fourth-order valence-electron chi connectivity index (χ4n) is 9.64. The SMILES string of the molecule is c1ccc(-c2ccccc2-c2ccccc2-c2ccccc2N(c2ccc(-c3ccccc3-n3c4ccccc4c4ccccc43)cc2)c2cccc3c2sc2ccccc23)cc1. The Morgan fingerprint density at radius 1 is 0.302 bits per heavy atom. The molecule has 0 spiro atoms. The van der Waals surface area contributed by atoms with Crippen LogP contribution in [-0.4, -0.2) is 4.57 Å². The van der Waals surface area contributed by atoms with Crippen LogP contribution < -0.4 is 4.90 Å². The van der Waals surface area contributed by atoms with E-state index >= 15 is 0 Å². The van der Waals surface area contributed by atoms with Gasteiger partial charge in [-0.1, -0.05) is 194 Å². The molecule has 0 bridgehead atoms. The van der Waals surface area contributed by atoms with Gasteiger partial charge < -0.3 is 9.47 Å². The zero-order valence-electron chi connectivity index (χ0n) is 34.4. The molecule has 0 aliphatic rings. The number of para-hydroxylation sites is 4. The maximum Gasteiger partial charge on any atom is 0.0640 e. The van der Waals surface area contributed by atoms with Crippen molar-refractivity contribution in [1.29, 1.82) is 0 Å². The van der Waals surface area contributed by atoms with E-state index in [1.807, 2.05) is 11.3 Å². The molecule has 0 unspecified atom stereocenters. The molecule has 0 aliphatic heterocycles. The van der Waals surface area contributed by atoms with E-state index in [0.717, 1.165) is 33.9 Å². The highest BCUT2D eigenvalue weighted by atomic mass is 32.1. The van der Waals surface area contributed by atoms with Crippen molar-refractivity contribution in [2.24, 2.45) is 0 Å². The van der Waals surface area contributed by atoms with Gasteiger partial charge in [0, 0.05) is 43.1 Å². The smallest absolute Gasteiger partial charge is 0.0640 e. The largest absolute Gasteiger partial charge is 0.309 e. The molecular weight excluding hydrogens is 781 g/mol. The highest BCUT2D eigenvalue weighted by molar-refractivity contribution is 7.26. The third kappa shape index (κ3) is 6.24. The molecule has 2 nitrogen and oxygen atoms in total. The molecule has 2 heterocycles. The van der Waals surface area contributed by atoms with Gasteiger partial charge >= 0.3 is 0 Å². The van der Waals surface area contributed by atoms with Crippen molar-refractivity contribution in [3.05, 3.63) is 243 Å². The van der Waals surface area contributed by atoms with E-state index in [0.29, 0.717) is 0 Å². The molecule has 0 radical (unpaired) electrons. The number of aromatic nitrogens is 1. The second-order valence-corrected chi connectivity index (χ2v) is 17.0. The lowest BCUT2D eigenvalue weighted by molar-refractivity contribution is 1.18. The highest BCUT2D eigenvalue weighted by Gasteiger charge is 2.23. The van der Waals surface area contributed by atoms with Gasteiger partial charge in [0.05, 0.1) is 32.8 Å². The number of anilines is 3. The Hall–Kier alpha value is -7.98. The van der Waals surface area contributed by atoms with Crippen LogP contribution in [0, 0.1) is 0 Å². The van der Waals surface area contributed by atoms with E-state index in [1.54, 1.807) is 0 Å². The Kier molecular flexibility index (Phi) is 9.06. The number of thiophene rings is 1. The summed E-state index contributed by atoms with van der Waals surface area (Å²) in [7, 11) is 0. The predicted molar refractivity (Wildman–Crippen MR) is 270 cm³/mol. The minimum Gasteiger partial charge on any atom is -0.309 e. The molecule has 0 N–H and O–H groups in total. The minimum atomic E-state index is 1.09. The predicted octanol–water partition coefficient (Wildman–Crippen LogP) is 17.3. The van der Waals surface area contributed by atoms with Crippen LogP contribution in [0.2, 0.25) is 0 Å². The summed E-state index contributed by atoms with van der Waals surface area (Å²) in [6.07, 6.45) is 0. The van der Waals surface area contributed by atoms with Crippen molar-refractivity contribution in [1.82, 2.24) is 4.57 Å². The Morgan fingerprint density at radius 3 is 1.49 bits per heavy atom. The molecule has 0 fully saturated rings. The van der Waals surface area contributed by atoms with Gasteiger partial charge in [0.25, 0.3) is 0 Å². The molecule has 10 aromatic carbocycles. The molecule has 296 valence electrons. The number of rotatable bonds is 8. The Bertz CT molecular complexity index is 3580. The van der Waals surface area contributed by atoms with Gasteiger partial charge in [-0.25, -0.2) is 0 Å². The summed E-state index contributed by atoms with van der Waals surface area (Å²) in [5.41, 5.74) is 16.4. The Balaban J connectivity index is 1.05. The molecule has 0 saturated heterocycles. The summed E-state index contributed by atoms with van der Waals surface area (Å²) >= 11 is 1.86. The average molecular weight is 821 g/mol. The van der Waals surface area contributed by atoms with Crippen LogP contribution in [0.15, 0.2) is 243 Å². The van der Waals surface area contributed by atoms with E-state index in [9.17, 15) is 0 Å². The fraction of sp³-hybridized carbons (Fsp3) is 0. The number of fused-ring (bicyclic) bond motifs is 6. The second-order valence-electron chi connectivity index (χ2n) is 16.0.